The van der Waals surface area contributed by atoms with Gasteiger partial charge < -0.3 is 14.4 Å². The van der Waals surface area contributed by atoms with Gasteiger partial charge in [0.1, 0.15) is 0 Å². The Morgan fingerprint density at radius 1 is 1.28 bits per heavy atom. The maximum atomic E-state index is 12.3. The van der Waals surface area contributed by atoms with Gasteiger partial charge in [-0.25, -0.2) is 0 Å². The van der Waals surface area contributed by atoms with Crippen LogP contribution in [0.2, 0.25) is 0 Å². The number of aromatic nitrogens is 3. The van der Waals surface area contributed by atoms with Gasteiger partial charge in [-0.1, -0.05) is 29.4 Å². The summed E-state index contributed by atoms with van der Waals surface area (Å²) in [7, 11) is 0. The molecule has 0 bridgehead atoms. The molecule has 2 aromatic heterocycles. The van der Waals surface area contributed by atoms with E-state index in [0.717, 1.165) is 24.0 Å². The Kier molecular flexibility index (Phi) is 3.83. The fourth-order valence-corrected chi connectivity index (χ4v) is 3.12. The Labute approximate surface area is 144 Å². The van der Waals surface area contributed by atoms with Crippen molar-refractivity contribution < 1.29 is 13.8 Å². The number of amides is 1. The van der Waals surface area contributed by atoms with Gasteiger partial charge in [0.05, 0.1) is 11.7 Å². The van der Waals surface area contributed by atoms with E-state index in [4.69, 9.17) is 9.05 Å². The molecule has 1 N–H and O–H groups in total. The Morgan fingerprint density at radius 2 is 2.16 bits per heavy atom. The molecule has 2 heterocycles. The second-order valence-electron chi connectivity index (χ2n) is 6.18. The van der Waals surface area contributed by atoms with Crippen LogP contribution in [0.3, 0.4) is 0 Å². The van der Waals surface area contributed by atoms with E-state index in [1.54, 1.807) is 13.0 Å². The number of nitrogens with zero attached hydrogens (tertiary/aromatic N) is 3. The van der Waals surface area contributed by atoms with Crippen molar-refractivity contribution in [3.05, 3.63) is 52.7 Å². The molecule has 0 saturated carbocycles. The first-order valence-electron chi connectivity index (χ1n) is 8.34. The summed E-state index contributed by atoms with van der Waals surface area (Å²) in [6.45, 7) is 3.76. The highest BCUT2D eigenvalue weighted by atomic mass is 16.5. The van der Waals surface area contributed by atoms with Gasteiger partial charge in [0.15, 0.2) is 0 Å². The van der Waals surface area contributed by atoms with Crippen LogP contribution in [0.4, 0.5) is 0 Å². The summed E-state index contributed by atoms with van der Waals surface area (Å²) >= 11 is 0. The fourth-order valence-electron chi connectivity index (χ4n) is 3.12. The van der Waals surface area contributed by atoms with E-state index < -0.39 is 0 Å². The van der Waals surface area contributed by atoms with E-state index in [1.165, 1.54) is 5.56 Å². The van der Waals surface area contributed by atoms with Gasteiger partial charge >= 0.3 is 0 Å². The van der Waals surface area contributed by atoms with Gasteiger partial charge in [-0.05, 0) is 37.0 Å². The first-order valence-corrected chi connectivity index (χ1v) is 8.34. The van der Waals surface area contributed by atoms with Crippen LogP contribution in [0.5, 0.6) is 0 Å². The Hall–Kier alpha value is -2.96. The van der Waals surface area contributed by atoms with Crippen molar-refractivity contribution in [2.24, 2.45) is 0 Å². The van der Waals surface area contributed by atoms with Gasteiger partial charge in [-0.15, -0.1) is 0 Å². The molecule has 1 amide bonds. The zero-order valence-corrected chi connectivity index (χ0v) is 14.1. The summed E-state index contributed by atoms with van der Waals surface area (Å²) in [5, 5.41) is 10.8. The quantitative estimate of drug-likeness (QED) is 0.786. The van der Waals surface area contributed by atoms with E-state index in [0.29, 0.717) is 23.8 Å². The lowest BCUT2D eigenvalue weighted by atomic mass is 10.0. The molecule has 1 unspecified atom stereocenters. The van der Waals surface area contributed by atoms with E-state index >= 15 is 0 Å². The first kappa shape index (κ1) is 15.6. The van der Waals surface area contributed by atoms with E-state index in [9.17, 15) is 4.79 Å². The van der Waals surface area contributed by atoms with E-state index in [-0.39, 0.29) is 17.7 Å². The molecule has 128 valence electrons. The molecule has 0 fully saturated rings. The summed E-state index contributed by atoms with van der Waals surface area (Å²) in [5.74, 6) is 1.22. The summed E-state index contributed by atoms with van der Waals surface area (Å²) in [4.78, 5) is 16.6. The van der Waals surface area contributed by atoms with Crippen molar-refractivity contribution in [1.29, 1.82) is 0 Å². The third-order valence-electron chi connectivity index (χ3n) is 4.41. The number of benzene rings is 1. The van der Waals surface area contributed by atoms with Crippen LogP contribution in [0.25, 0.3) is 11.4 Å². The van der Waals surface area contributed by atoms with Crippen LogP contribution in [0.1, 0.15) is 52.7 Å². The van der Waals surface area contributed by atoms with Crippen molar-refractivity contribution in [3.63, 3.8) is 0 Å². The minimum atomic E-state index is -0.242. The molecule has 3 aromatic rings. The smallest absolute Gasteiger partial charge is 0.290 e. The number of rotatable bonds is 4. The van der Waals surface area contributed by atoms with Crippen molar-refractivity contribution in [1.82, 2.24) is 20.6 Å². The zero-order valence-electron chi connectivity index (χ0n) is 14.1. The number of nitrogens with one attached hydrogen (secondary N) is 1. The number of carbonyl (C=O) groups excluding carboxylic acids is 1. The van der Waals surface area contributed by atoms with Crippen molar-refractivity contribution in [2.45, 2.75) is 39.2 Å². The second-order valence-corrected chi connectivity index (χ2v) is 6.18. The van der Waals surface area contributed by atoms with E-state index in [2.05, 4.69) is 26.7 Å². The minimum absolute atomic E-state index is 0.0292. The molecular formula is C18H18N4O3. The van der Waals surface area contributed by atoms with Crippen LogP contribution in [0.15, 0.2) is 33.3 Å². The Morgan fingerprint density at radius 3 is 2.88 bits per heavy atom. The highest BCUT2D eigenvalue weighted by Crippen LogP contribution is 2.34. The molecule has 0 saturated heterocycles. The molecule has 4 rings (SSSR count). The Bertz CT molecular complexity index is 928. The van der Waals surface area contributed by atoms with E-state index in [1.807, 2.05) is 19.1 Å². The summed E-state index contributed by atoms with van der Waals surface area (Å²) in [5.41, 5.74) is 3.93. The highest BCUT2D eigenvalue weighted by Gasteiger charge is 2.26. The summed E-state index contributed by atoms with van der Waals surface area (Å²) in [6.07, 6.45) is 2.46. The predicted molar refractivity (Wildman–Crippen MR) is 88.9 cm³/mol. The standard InChI is InChI=1S/C18H18N4O3/c1-3-16-20-17(22-25-16)12-4-6-13-11(9-12)5-7-14(13)19-18(23)15-8-10(2)21-24-15/h4,6,8-9,14H,3,5,7H2,1-2H3,(H,19,23). The molecule has 7 heteroatoms. The third kappa shape index (κ3) is 2.93. The average molecular weight is 338 g/mol. The number of fused-ring (bicyclic) bond motifs is 1. The van der Waals surface area contributed by atoms with Gasteiger partial charge in [0, 0.05) is 18.1 Å². The van der Waals surface area contributed by atoms with Gasteiger partial charge in [0.2, 0.25) is 17.5 Å². The maximum absolute atomic E-state index is 12.3. The number of aryl methyl sites for hydroxylation is 3. The van der Waals surface area contributed by atoms with Gasteiger partial charge in [0.25, 0.3) is 5.91 Å². The highest BCUT2D eigenvalue weighted by molar-refractivity contribution is 5.91. The molecule has 1 aliphatic carbocycles. The molecule has 25 heavy (non-hydrogen) atoms. The lowest BCUT2D eigenvalue weighted by molar-refractivity contribution is 0.0899. The maximum Gasteiger partial charge on any atom is 0.290 e. The normalized spacial score (nSPS) is 16.0. The predicted octanol–water partition coefficient (Wildman–Crippen LogP) is 3.01. The van der Waals surface area contributed by atoms with Crippen molar-refractivity contribution in [2.75, 3.05) is 0 Å². The number of carbonyl (C=O) groups is 1. The largest absolute Gasteiger partial charge is 0.351 e. The van der Waals surface area contributed by atoms with Crippen LogP contribution in [-0.4, -0.2) is 21.2 Å². The fraction of sp³-hybridized carbons (Fsp3) is 0.333. The molecular weight excluding hydrogens is 320 g/mol. The minimum Gasteiger partial charge on any atom is -0.351 e. The second kappa shape index (κ2) is 6.16. The molecule has 1 atom stereocenters. The van der Waals surface area contributed by atoms with Crippen LogP contribution in [-0.2, 0) is 12.8 Å². The van der Waals surface area contributed by atoms with Crippen LogP contribution in [0, 0.1) is 6.92 Å². The summed E-state index contributed by atoms with van der Waals surface area (Å²) < 4.78 is 10.2. The van der Waals surface area contributed by atoms with Crippen LogP contribution < -0.4 is 5.32 Å². The number of hydrogen-bond acceptors (Lipinski definition) is 6. The van der Waals surface area contributed by atoms with Crippen molar-refractivity contribution in [3.8, 4) is 11.4 Å². The molecule has 0 radical (unpaired) electrons. The van der Waals surface area contributed by atoms with Gasteiger partial charge in [-0.2, -0.15) is 4.98 Å². The summed E-state index contributed by atoms with van der Waals surface area (Å²) in [6, 6.07) is 7.67. The SMILES string of the molecule is CCc1nc(-c2ccc3c(c2)CCC3NC(=O)c2cc(C)no2)no1. The Balaban J connectivity index is 1.54. The molecule has 1 aromatic carbocycles. The van der Waals surface area contributed by atoms with Gasteiger partial charge in [-0.3, -0.25) is 4.79 Å². The topological polar surface area (TPSA) is 94.1 Å². The van der Waals surface area contributed by atoms with Crippen LogP contribution >= 0.6 is 0 Å². The monoisotopic (exact) mass is 338 g/mol. The van der Waals surface area contributed by atoms with Crippen molar-refractivity contribution >= 4 is 5.91 Å². The number of hydrogen-bond donors (Lipinski definition) is 1. The first-order chi connectivity index (χ1) is 12.1. The lowest BCUT2D eigenvalue weighted by Gasteiger charge is -2.13. The molecule has 0 spiro atoms. The molecule has 7 nitrogen and oxygen atoms in total. The molecule has 0 aliphatic heterocycles. The molecule has 1 aliphatic rings. The zero-order chi connectivity index (χ0) is 17.4. The average Bonchev–Trinajstić information content (AvgIpc) is 3.34. The lowest BCUT2D eigenvalue weighted by Crippen LogP contribution is -2.26. The third-order valence-corrected chi connectivity index (χ3v) is 4.41.